The fraction of sp³-hybridized carbons (Fsp3) is 0.200. The molecular weight excluding hydrogens is 360 g/mol. The zero-order valence-corrected chi connectivity index (χ0v) is 15.1. The van der Waals surface area contributed by atoms with Gasteiger partial charge in [-0.2, -0.15) is 0 Å². The van der Waals surface area contributed by atoms with Crippen LogP contribution in [-0.2, 0) is 6.42 Å². The van der Waals surface area contributed by atoms with Crippen LogP contribution in [0.2, 0.25) is 0 Å². The summed E-state index contributed by atoms with van der Waals surface area (Å²) in [4.78, 5) is 44.9. The number of ether oxygens (including phenoxy) is 1. The van der Waals surface area contributed by atoms with E-state index in [9.17, 15) is 14.4 Å². The third kappa shape index (κ3) is 3.44. The van der Waals surface area contributed by atoms with Gasteiger partial charge in [0, 0.05) is 41.9 Å². The van der Waals surface area contributed by atoms with Crippen LogP contribution in [0.4, 0.5) is 0 Å². The van der Waals surface area contributed by atoms with Crippen LogP contribution < -0.4 is 21.3 Å². The van der Waals surface area contributed by atoms with Crippen molar-refractivity contribution in [1.82, 2.24) is 20.3 Å². The number of aromatic nitrogens is 3. The maximum atomic E-state index is 12.5. The number of pyridine rings is 1. The van der Waals surface area contributed by atoms with E-state index in [4.69, 9.17) is 4.74 Å². The Balaban J connectivity index is 1.50. The molecule has 1 aliphatic heterocycles. The summed E-state index contributed by atoms with van der Waals surface area (Å²) >= 11 is 0. The molecule has 0 radical (unpaired) electrons. The van der Waals surface area contributed by atoms with E-state index in [-0.39, 0.29) is 24.1 Å². The lowest BCUT2D eigenvalue weighted by Gasteiger charge is -2.19. The van der Waals surface area contributed by atoms with Crippen molar-refractivity contribution in [2.45, 2.75) is 19.3 Å². The third-order valence-electron chi connectivity index (χ3n) is 4.67. The van der Waals surface area contributed by atoms with Gasteiger partial charge in [0.15, 0.2) is 0 Å². The van der Waals surface area contributed by atoms with E-state index in [1.165, 1.54) is 0 Å². The highest BCUT2D eigenvalue weighted by Crippen LogP contribution is 2.33. The molecule has 1 atom stereocenters. The molecule has 1 unspecified atom stereocenters. The largest absolute Gasteiger partial charge is 0.440 e. The van der Waals surface area contributed by atoms with E-state index in [1.807, 2.05) is 25.1 Å². The maximum absolute atomic E-state index is 12.5. The Morgan fingerprint density at radius 2 is 2.11 bits per heavy atom. The third-order valence-corrected chi connectivity index (χ3v) is 4.67. The molecule has 3 aromatic rings. The first-order valence-electron chi connectivity index (χ1n) is 8.86. The molecule has 8 nitrogen and oxygen atoms in total. The highest BCUT2D eigenvalue weighted by molar-refractivity contribution is 5.94. The summed E-state index contributed by atoms with van der Waals surface area (Å²) in [5, 5.41) is 2.91. The number of carbonyl (C=O) groups is 1. The Labute approximate surface area is 159 Å². The number of H-pyrrole nitrogens is 2. The average Bonchev–Trinajstić information content (AvgIpc) is 2.70. The number of hydrogen-bond acceptors (Lipinski definition) is 5. The summed E-state index contributed by atoms with van der Waals surface area (Å²) < 4.78 is 5.61. The first kappa shape index (κ1) is 17.7. The Morgan fingerprint density at radius 1 is 1.25 bits per heavy atom. The average molecular weight is 378 g/mol. The molecule has 4 rings (SSSR count). The molecule has 28 heavy (non-hydrogen) atoms. The van der Waals surface area contributed by atoms with Gasteiger partial charge in [0.2, 0.25) is 5.88 Å². The van der Waals surface area contributed by atoms with E-state index in [1.54, 1.807) is 24.4 Å². The summed E-state index contributed by atoms with van der Waals surface area (Å²) in [5.41, 5.74) is 1.30. The molecule has 3 N–H and O–H groups in total. The number of nitrogens with zero attached hydrogens (tertiary/aromatic N) is 1. The van der Waals surface area contributed by atoms with Crippen LogP contribution in [0.15, 0.2) is 52.2 Å². The Kier molecular flexibility index (Phi) is 4.52. The van der Waals surface area contributed by atoms with Gasteiger partial charge in [-0.25, -0.2) is 4.79 Å². The number of fused-ring (bicyclic) bond motifs is 2. The van der Waals surface area contributed by atoms with Crippen LogP contribution in [0.1, 0.15) is 40.0 Å². The molecule has 0 saturated heterocycles. The zero-order valence-electron chi connectivity index (χ0n) is 15.1. The van der Waals surface area contributed by atoms with E-state index in [2.05, 4.69) is 20.3 Å². The molecule has 0 aliphatic carbocycles. The first-order valence-corrected chi connectivity index (χ1v) is 8.86. The minimum Gasteiger partial charge on any atom is -0.440 e. The summed E-state index contributed by atoms with van der Waals surface area (Å²) in [6.07, 6.45) is 1.99. The summed E-state index contributed by atoms with van der Waals surface area (Å²) in [5.74, 6) is 0.509. The van der Waals surface area contributed by atoms with E-state index >= 15 is 0 Å². The second-order valence-corrected chi connectivity index (χ2v) is 6.68. The van der Waals surface area contributed by atoms with Crippen LogP contribution in [-0.4, -0.2) is 27.4 Å². The summed E-state index contributed by atoms with van der Waals surface area (Å²) in [7, 11) is 0. The quantitative estimate of drug-likeness (QED) is 0.500. The molecule has 0 fully saturated rings. The number of nitrogens with one attached hydrogen (secondary N) is 3. The fourth-order valence-electron chi connectivity index (χ4n) is 3.12. The smallest absolute Gasteiger partial charge is 0.328 e. The zero-order chi connectivity index (χ0) is 19.7. The van der Waals surface area contributed by atoms with Gasteiger partial charge < -0.3 is 10.1 Å². The summed E-state index contributed by atoms with van der Waals surface area (Å²) in [6.45, 7) is 2.44. The lowest BCUT2D eigenvalue weighted by atomic mass is 10.0. The number of carbonyl (C=O) groups excluding carboxylic acids is 1. The molecule has 0 spiro atoms. The maximum Gasteiger partial charge on any atom is 0.328 e. The topological polar surface area (TPSA) is 117 Å². The Bertz CT molecular complexity index is 1150. The molecule has 2 aromatic heterocycles. The van der Waals surface area contributed by atoms with E-state index < -0.39 is 11.2 Å². The Hall–Kier alpha value is -3.68. The van der Waals surface area contributed by atoms with Crippen molar-refractivity contribution >= 4 is 5.91 Å². The minimum absolute atomic E-state index is 0.0772. The van der Waals surface area contributed by atoms with Crippen LogP contribution in [0, 0.1) is 0 Å². The van der Waals surface area contributed by atoms with E-state index in [0.717, 1.165) is 5.69 Å². The number of rotatable bonds is 4. The minimum atomic E-state index is -0.620. The lowest BCUT2D eigenvalue weighted by molar-refractivity contribution is 0.0951. The molecule has 8 heteroatoms. The van der Waals surface area contributed by atoms with Gasteiger partial charge in [-0.3, -0.25) is 24.5 Å². The molecule has 1 amide bonds. The van der Waals surface area contributed by atoms with Gasteiger partial charge in [-0.1, -0.05) is 13.0 Å². The van der Waals surface area contributed by atoms with Crippen molar-refractivity contribution in [2.24, 2.45) is 0 Å². The van der Waals surface area contributed by atoms with Crippen molar-refractivity contribution in [3.63, 3.8) is 0 Å². The number of amides is 1. The van der Waals surface area contributed by atoms with Gasteiger partial charge in [-0.05, 0) is 30.3 Å². The van der Waals surface area contributed by atoms with Gasteiger partial charge in [0.25, 0.3) is 11.5 Å². The van der Waals surface area contributed by atoms with Gasteiger partial charge in [-0.15, -0.1) is 0 Å². The number of aromatic amines is 2. The van der Waals surface area contributed by atoms with E-state index in [0.29, 0.717) is 29.0 Å². The molecule has 3 heterocycles. The molecule has 1 aromatic carbocycles. The van der Waals surface area contributed by atoms with Crippen molar-refractivity contribution in [2.75, 3.05) is 6.54 Å². The predicted molar refractivity (Wildman–Crippen MR) is 102 cm³/mol. The lowest BCUT2D eigenvalue weighted by Crippen LogP contribution is -2.29. The molecule has 142 valence electrons. The molecule has 0 saturated carbocycles. The fourth-order valence-corrected chi connectivity index (χ4v) is 3.12. The van der Waals surface area contributed by atoms with Gasteiger partial charge in [0.1, 0.15) is 5.75 Å². The van der Waals surface area contributed by atoms with Crippen molar-refractivity contribution in [3.8, 4) is 11.6 Å². The normalized spacial score (nSPS) is 13.0. The molecule has 1 aliphatic rings. The monoisotopic (exact) mass is 378 g/mol. The van der Waals surface area contributed by atoms with Crippen molar-refractivity contribution in [1.29, 1.82) is 0 Å². The van der Waals surface area contributed by atoms with Crippen molar-refractivity contribution in [3.05, 3.63) is 85.8 Å². The van der Waals surface area contributed by atoms with Crippen LogP contribution in [0.5, 0.6) is 11.6 Å². The second kappa shape index (κ2) is 7.15. The van der Waals surface area contributed by atoms with Crippen LogP contribution >= 0.6 is 0 Å². The van der Waals surface area contributed by atoms with Crippen LogP contribution in [0.25, 0.3) is 0 Å². The summed E-state index contributed by atoms with van der Waals surface area (Å²) in [6, 6.07) is 10.7. The van der Waals surface area contributed by atoms with Crippen LogP contribution in [0.3, 0.4) is 0 Å². The standard InChI is InChI=1S/C20H18N4O4/c1-11(15-4-2-3-7-21-15)10-22-17(25)12-5-6-16-13(8-12)9-14-18(26)23-20(27)24-19(14)28-16/h2-8,11H,9-10H2,1H3,(H,22,25)(H2,23,24,26,27). The number of benzene rings is 1. The predicted octanol–water partition coefficient (Wildman–Crippen LogP) is 1.69. The Morgan fingerprint density at radius 3 is 2.89 bits per heavy atom. The SMILES string of the molecule is CC(CNC(=O)c1ccc2c(c1)Cc1c([nH]c(=O)[nH]c1=O)O2)c1ccccn1. The first-order chi connectivity index (χ1) is 13.5. The second-order valence-electron chi connectivity index (χ2n) is 6.68. The highest BCUT2D eigenvalue weighted by Gasteiger charge is 2.22. The van der Waals surface area contributed by atoms with Gasteiger partial charge >= 0.3 is 5.69 Å². The molecule has 0 bridgehead atoms. The van der Waals surface area contributed by atoms with Crippen molar-refractivity contribution < 1.29 is 9.53 Å². The highest BCUT2D eigenvalue weighted by atomic mass is 16.5. The number of hydrogen-bond donors (Lipinski definition) is 3. The molecular formula is C20H18N4O4. The van der Waals surface area contributed by atoms with Gasteiger partial charge in [0.05, 0.1) is 5.56 Å².